The van der Waals surface area contributed by atoms with Gasteiger partial charge in [-0.05, 0) is 53.2 Å². The molecule has 0 saturated heterocycles. The minimum atomic E-state index is -0.702. The van der Waals surface area contributed by atoms with E-state index in [4.69, 9.17) is 4.74 Å². The molecule has 0 spiro atoms. The largest absolute Gasteiger partial charge is 0.439 e. The Morgan fingerprint density at radius 1 is 0.696 bits per heavy atom. The van der Waals surface area contributed by atoms with Crippen molar-refractivity contribution < 1.29 is 19.2 Å². The Kier molecular flexibility index (Phi) is 10.5. The zero-order valence-corrected chi connectivity index (χ0v) is 33.0. The van der Waals surface area contributed by atoms with Gasteiger partial charge in [0.2, 0.25) is 11.4 Å². The van der Waals surface area contributed by atoms with Crippen molar-refractivity contribution in [3.05, 3.63) is 208 Å². The number of aromatic nitrogens is 1. The van der Waals surface area contributed by atoms with E-state index in [0.717, 1.165) is 37.1 Å². The molecule has 0 fully saturated rings. The number of allylic oxidation sites excluding steroid dienone is 3. The number of ether oxygens (including phenoxy) is 1. The number of aliphatic hydroxyl groups excluding tert-OH is 1. The summed E-state index contributed by atoms with van der Waals surface area (Å²) in [6.07, 6.45) is 3.93. The molecule has 1 N–H and O–H groups in total. The number of benzene rings is 6. The van der Waals surface area contributed by atoms with Crippen LogP contribution in [0.15, 0.2) is 192 Å². The van der Waals surface area contributed by atoms with Gasteiger partial charge in [-0.25, -0.2) is 0 Å². The van der Waals surface area contributed by atoms with E-state index in [-0.39, 0.29) is 12.4 Å². The number of carbonyl (C=O) groups excluding carboxylic acids is 1. The van der Waals surface area contributed by atoms with Gasteiger partial charge in [0.1, 0.15) is 11.3 Å². The van der Waals surface area contributed by atoms with E-state index in [2.05, 4.69) is 125 Å². The number of aliphatic hydroxyl groups is 1. The first-order valence-electron chi connectivity index (χ1n) is 18.6. The van der Waals surface area contributed by atoms with E-state index in [1.807, 2.05) is 60.7 Å². The maximum absolute atomic E-state index is 14.3. The molecular weight excluding hydrogens is 748 g/mol. The minimum absolute atomic E-state index is 0.00614. The van der Waals surface area contributed by atoms with Gasteiger partial charge in [0.15, 0.2) is 18.1 Å². The second-order valence-corrected chi connectivity index (χ2v) is 17.8. The first kappa shape index (κ1) is 36.1. The van der Waals surface area contributed by atoms with Gasteiger partial charge in [0.05, 0.1) is 12.2 Å². The predicted octanol–water partition coefficient (Wildman–Crippen LogP) is 9.03. The number of fused-ring (bicyclic) bond motifs is 2. The summed E-state index contributed by atoms with van der Waals surface area (Å²) in [5.74, 6) is 2.08. The highest BCUT2D eigenvalue weighted by atomic mass is 32.2. The lowest BCUT2D eigenvalue weighted by Crippen LogP contribution is -2.37. The van der Waals surface area contributed by atoms with Gasteiger partial charge in [-0.1, -0.05) is 151 Å². The van der Waals surface area contributed by atoms with Gasteiger partial charge in [-0.2, -0.15) is 4.57 Å². The fourth-order valence-electron chi connectivity index (χ4n) is 7.18. The molecule has 6 aromatic carbocycles. The van der Waals surface area contributed by atoms with Crippen LogP contribution in [-0.4, -0.2) is 17.5 Å². The van der Waals surface area contributed by atoms with Crippen LogP contribution in [0.5, 0.6) is 5.75 Å². The molecule has 0 saturated carbocycles. The second kappa shape index (κ2) is 16.3. The zero-order valence-electron chi connectivity index (χ0n) is 30.5. The van der Waals surface area contributed by atoms with Crippen molar-refractivity contribution in [1.29, 1.82) is 0 Å². The Morgan fingerprint density at radius 3 is 2.04 bits per heavy atom. The van der Waals surface area contributed by atoms with E-state index < -0.39 is 7.92 Å². The summed E-state index contributed by atoms with van der Waals surface area (Å²) in [7, 11) is -0.702. The van der Waals surface area contributed by atoms with Crippen LogP contribution in [0.3, 0.4) is 0 Å². The topological polar surface area (TPSA) is 53.7 Å². The van der Waals surface area contributed by atoms with Crippen molar-refractivity contribution in [3.63, 3.8) is 0 Å². The number of Topliss-reactive ketones (excluding diaryl/α,β-unsaturated/α-hetero) is 1. The first-order valence-corrected chi connectivity index (χ1v) is 21.7. The van der Waals surface area contributed by atoms with E-state index in [1.54, 1.807) is 23.1 Å². The van der Waals surface area contributed by atoms with Gasteiger partial charge in [0.25, 0.3) is 5.01 Å². The molecule has 274 valence electrons. The van der Waals surface area contributed by atoms with Gasteiger partial charge in [-0.3, -0.25) is 4.79 Å². The molecule has 0 radical (unpaired) electrons. The summed E-state index contributed by atoms with van der Waals surface area (Å²) in [5.41, 5.74) is 5.67. The van der Waals surface area contributed by atoms with Crippen LogP contribution in [0.1, 0.15) is 16.1 Å². The molecule has 2 heterocycles. The van der Waals surface area contributed by atoms with Crippen LogP contribution in [0.4, 0.5) is 5.69 Å². The minimum Gasteiger partial charge on any atom is -0.439 e. The van der Waals surface area contributed by atoms with E-state index in [9.17, 15) is 9.90 Å². The number of thiazole rings is 1. The molecule has 0 unspecified atom stereocenters. The SMILES string of the molecule is O=C1C(/C=C2\Oc3ccccc3N2Cc2ccccc2)=C(SCc2ccc(P(c3ccccc3)c3ccccc3)cc2)C/1=C/c1sc2ccccc2[n+]1CCO. The van der Waals surface area contributed by atoms with Crippen molar-refractivity contribution in [3.8, 4) is 5.75 Å². The molecule has 1 aliphatic heterocycles. The lowest BCUT2D eigenvalue weighted by atomic mass is 9.89. The number of carbonyl (C=O) groups is 1. The fourth-order valence-corrected chi connectivity index (χ4v) is 11.7. The smallest absolute Gasteiger partial charge is 0.263 e. The van der Waals surface area contributed by atoms with E-state index in [1.165, 1.54) is 21.5 Å². The Hall–Kier alpha value is -5.56. The summed E-state index contributed by atoms with van der Waals surface area (Å²) >= 11 is 3.32. The third-order valence-corrected chi connectivity index (χ3v) is 14.7. The molecule has 0 bridgehead atoms. The molecule has 5 nitrogen and oxygen atoms in total. The highest BCUT2D eigenvalue weighted by Crippen LogP contribution is 2.46. The van der Waals surface area contributed by atoms with Gasteiger partial charge >= 0.3 is 0 Å². The normalized spacial score (nSPS) is 15.2. The number of anilines is 1. The quantitative estimate of drug-likeness (QED) is 0.0762. The predicted molar refractivity (Wildman–Crippen MR) is 233 cm³/mol. The van der Waals surface area contributed by atoms with Crippen molar-refractivity contribution in [2.24, 2.45) is 0 Å². The molecule has 1 aliphatic carbocycles. The number of thioether (sulfide) groups is 1. The van der Waals surface area contributed by atoms with Crippen molar-refractivity contribution >= 4 is 74.7 Å². The molecular formula is C48H38N2O3PS2+. The molecule has 56 heavy (non-hydrogen) atoms. The summed E-state index contributed by atoms with van der Waals surface area (Å²) in [6, 6.07) is 57.0. The van der Waals surface area contributed by atoms with Crippen LogP contribution in [0, 0.1) is 0 Å². The monoisotopic (exact) mass is 785 g/mol. The summed E-state index contributed by atoms with van der Waals surface area (Å²) in [5, 5.41) is 14.9. The highest BCUT2D eigenvalue weighted by molar-refractivity contribution is 8.02. The second-order valence-electron chi connectivity index (χ2n) is 13.5. The van der Waals surface area contributed by atoms with E-state index >= 15 is 0 Å². The molecule has 2 aliphatic rings. The number of hydrogen-bond acceptors (Lipinski definition) is 6. The molecule has 1 aromatic heterocycles. The third-order valence-electron chi connectivity index (χ3n) is 9.90. The Morgan fingerprint density at radius 2 is 1.32 bits per heavy atom. The molecule has 0 atom stereocenters. The average Bonchev–Trinajstić information content (AvgIpc) is 3.78. The third kappa shape index (κ3) is 7.27. The first-order chi connectivity index (χ1) is 27.6. The summed E-state index contributed by atoms with van der Waals surface area (Å²) < 4.78 is 9.67. The standard InChI is InChI=1S/C48H38N2O3PS2/c51-29-28-49-42-21-11-13-23-44(42)56-46(49)31-40-47(52)39(30-45-50(32-34-14-4-1-5-15-34)41-20-10-12-22-43(41)53-45)48(40)55-33-35-24-26-38(27-25-35)54(36-16-6-2-7-17-36)37-18-8-3-9-19-37/h1-27,30-31,51H,28-29,32-33H2/q+1. The fraction of sp³-hybridized carbons (Fsp3) is 0.0833. The van der Waals surface area contributed by atoms with Crippen molar-refractivity contribution in [2.45, 2.75) is 18.8 Å². The van der Waals surface area contributed by atoms with Crippen LogP contribution in [-0.2, 0) is 23.6 Å². The lowest BCUT2D eigenvalue weighted by molar-refractivity contribution is -0.670. The maximum atomic E-state index is 14.3. The molecule has 7 aromatic rings. The van der Waals surface area contributed by atoms with Gasteiger partial charge in [0, 0.05) is 40.0 Å². The number of ketones is 1. The molecule has 9 rings (SSSR count). The summed E-state index contributed by atoms with van der Waals surface area (Å²) in [4.78, 5) is 17.4. The lowest BCUT2D eigenvalue weighted by Gasteiger charge is -2.25. The van der Waals surface area contributed by atoms with Crippen molar-refractivity contribution in [1.82, 2.24) is 0 Å². The van der Waals surface area contributed by atoms with Crippen LogP contribution >= 0.6 is 31.0 Å². The van der Waals surface area contributed by atoms with Crippen molar-refractivity contribution in [2.75, 3.05) is 11.5 Å². The van der Waals surface area contributed by atoms with E-state index in [0.29, 0.717) is 35.9 Å². The number of hydrogen-bond donors (Lipinski definition) is 1. The van der Waals surface area contributed by atoms with Crippen LogP contribution in [0.25, 0.3) is 16.3 Å². The Bertz CT molecular complexity index is 2580. The number of nitrogens with zero attached hydrogens (tertiary/aromatic N) is 2. The number of rotatable bonds is 12. The maximum Gasteiger partial charge on any atom is 0.263 e. The number of para-hydroxylation sites is 3. The molecule has 8 heteroatoms. The van der Waals surface area contributed by atoms with Crippen LogP contribution < -0.4 is 30.1 Å². The van der Waals surface area contributed by atoms with Crippen LogP contribution in [0.2, 0.25) is 0 Å². The zero-order chi connectivity index (χ0) is 37.8. The molecule has 0 amide bonds. The Balaban J connectivity index is 1.07. The Labute approximate surface area is 336 Å². The summed E-state index contributed by atoms with van der Waals surface area (Å²) in [6.45, 7) is 1.06. The highest BCUT2D eigenvalue weighted by Gasteiger charge is 2.37. The average molecular weight is 786 g/mol. The van der Waals surface area contributed by atoms with Gasteiger partial charge < -0.3 is 14.7 Å². The van der Waals surface area contributed by atoms with Gasteiger partial charge in [-0.15, -0.1) is 11.8 Å².